The van der Waals surface area contributed by atoms with Crippen LogP contribution in [0.25, 0.3) is 11.3 Å². The molecule has 0 fully saturated rings. The van der Waals surface area contributed by atoms with Crippen molar-refractivity contribution < 1.29 is 27.5 Å². The maximum atomic E-state index is 13.0. The van der Waals surface area contributed by atoms with E-state index in [-0.39, 0.29) is 47.9 Å². The van der Waals surface area contributed by atoms with Gasteiger partial charge >= 0.3 is 0 Å². The average Bonchev–Trinajstić information content (AvgIpc) is 3.13. The third-order valence-electron chi connectivity index (χ3n) is 5.54. The number of hydrogen-bond acceptors (Lipinski definition) is 8. The number of likely N-dealkylation sites (N-methyl/N-ethyl adjacent to an activating group) is 2. The van der Waals surface area contributed by atoms with E-state index in [1.165, 1.54) is 11.0 Å². The number of nitrogens with zero attached hydrogens (tertiary/aromatic N) is 4. The molecule has 0 atom stereocenters. The zero-order valence-corrected chi connectivity index (χ0v) is 22.1. The second-order valence-electron chi connectivity index (χ2n) is 8.07. The predicted molar refractivity (Wildman–Crippen MR) is 132 cm³/mol. The number of ether oxygens (including phenoxy) is 1. The van der Waals surface area contributed by atoms with Gasteiger partial charge in [0, 0.05) is 37.0 Å². The number of rotatable bonds is 10. The number of fused-ring (bicyclic) bond motifs is 1. The lowest BCUT2D eigenvalue weighted by Crippen LogP contribution is -2.37. The highest BCUT2D eigenvalue weighted by Gasteiger charge is 2.35. The molecule has 11 nitrogen and oxygen atoms in total. The lowest BCUT2D eigenvalue weighted by Gasteiger charge is -2.19. The minimum Gasteiger partial charge on any atom is -0.484 e. The van der Waals surface area contributed by atoms with E-state index in [9.17, 15) is 22.8 Å². The van der Waals surface area contributed by atoms with Crippen LogP contribution in [0.5, 0.6) is 5.75 Å². The number of hydrogen-bond donors (Lipinski definition) is 1. The van der Waals surface area contributed by atoms with E-state index >= 15 is 0 Å². The van der Waals surface area contributed by atoms with E-state index in [0.29, 0.717) is 36.5 Å². The van der Waals surface area contributed by atoms with Crippen molar-refractivity contribution in [3.63, 3.8) is 0 Å². The third kappa shape index (κ3) is 5.93. The van der Waals surface area contributed by atoms with Crippen LogP contribution in [-0.4, -0.2) is 84.9 Å². The lowest BCUT2D eigenvalue weighted by molar-refractivity contribution is -0.133. The molecular weight excluding hydrogens is 510 g/mol. The van der Waals surface area contributed by atoms with E-state index in [2.05, 4.69) is 15.3 Å². The summed E-state index contributed by atoms with van der Waals surface area (Å²) in [6, 6.07) is 4.64. The van der Waals surface area contributed by atoms with Crippen molar-refractivity contribution in [2.24, 2.45) is 0 Å². The molecule has 0 saturated carbocycles. The van der Waals surface area contributed by atoms with Crippen LogP contribution in [-0.2, 0) is 26.0 Å². The van der Waals surface area contributed by atoms with Gasteiger partial charge in [0.25, 0.3) is 11.8 Å². The minimum atomic E-state index is -3.86. The molecule has 0 aliphatic carbocycles. The largest absolute Gasteiger partial charge is 0.484 e. The van der Waals surface area contributed by atoms with E-state index in [4.69, 9.17) is 16.3 Å². The van der Waals surface area contributed by atoms with Crippen molar-refractivity contribution in [2.75, 3.05) is 39.0 Å². The molecule has 3 amide bonds. The Hall–Kier alpha value is -3.25. The Kier molecular flexibility index (Phi) is 8.51. The maximum Gasteiger partial charge on any atom is 0.273 e. The Morgan fingerprint density at radius 2 is 1.83 bits per heavy atom. The van der Waals surface area contributed by atoms with E-state index < -0.39 is 20.9 Å². The van der Waals surface area contributed by atoms with E-state index in [0.717, 1.165) is 6.26 Å². The van der Waals surface area contributed by atoms with E-state index in [1.54, 1.807) is 24.0 Å². The molecule has 1 aromatic carbocycles. The summed E-state index contributed by atoms with van der Waals surface area (Å²) in [5.41, 5.74) is 0.799. The standard InChI is InChI=1S/C23H28ClN5O6S/c1-5-25-18(30)12-29-11-16-20(26-23(36(4,33)34)27-21(16)22(29)32)15-9-8-14(10-17(15)24)35-13-19(31)28(6-2)7-3/h8-10H,5-7,11-13H2,1-4H3,(H,25,30). The van der Waals surface area contributed by atoms with Crippen molar-refractivity contribution in [1.82, 2.24) is 25.1 Å². The molecule has 0 spiro atoms. The Labute approximate surface area is 214 Å². The monoisotopic (exact) mass is 537 g/mol. The predicted octanol–water partition coefficient (Wildman–Crippen LogP) is 1.54. The Morgan fingerprint density at radius 3 is 2.42 bits per heavy atom. The number of sulfone groups is 1. The summed E-state index contributed by atoms with van der Waals surface area (Å²) in [7, 11) is -3.86. The second-order valence-corrected chi connectivity index (χ2v) is 10.4. The number of halogens is 1. The second kappa shape index (κ2) is 11.2. The number of aromatic nitrogens is 2. The molecule has 13 heteroatoms. The molecular formula is C23H28ClN5O6S. The fourth-order valence-corrected chi connectivity index (χ4v) is 4.51. The van der Waals surface area contributed by atoms with Crippen molar-refractivity contribution in [1.29, 1.82) is 0 Å². The van der Waals surface area contributed by atoms with Crippen LogP contribution in [0.4, 0.5) is 0 Å². The number of benzene rings is 1. The molecule has 0 unspecified atom stereocenters. The van der Waals surface area contributed by atoms with Crippen molar-refractivity contribution in [2.45, 2.75) is 32.5 Å². The zero-order chi connectivity index (χ0) is 26.6. The summed E-state index contributed by atoms with van der Waals surface area (Å²) >= 11 is 6.52. The molecule has 1 aromatic heterocycles. The van der Waals surface area contributed by atoms with Gasteiger partial charge in [0.15, 0.2) is 6.61 Å². The summed E-state index contributed by atoms with van der Waals surface area (Å²) in [5.74, 6) is -0.754. The highest BCUT2D eigenvalue weighted by Crippen LogP contribution is 2.36. The number of nitrogens with one attached hydrogen (secondary N) is 1. The first-order chi connectivity index (χ1) is 17.0. The first-order valence-corrected chi connectivity index (χ1v) is 13.6. The van der Waals surface area contributed by atoms with Gasteiger partial charge in [-0.1, -0.05) is 11.6 Å². The van der Waals surface area contributed by atoms with Crippen molar-refractivity contribution in [3.05, 3.63) is 34.5 Å². The van der Waals surface area contributed by atoms with Gasteiger partial charge in [-0.05, 0) is 39.0 Å². The van der Waals surface area contributed by atoms with Crippen molar-refractivity contribution in [3.8, 4) is 17.0 Å². The smallest absolute Gasteiger partial charge is 0.273 e. The fraction of sp³-hybridized carbons (Fsp3) is 0.435. The number of amides is 3. The van der Waals surface area contributed by atoms with Crippen LogP contribution in [0.3, 0.4) is 0 Å². The molecule has 2 heterocycles. The van der Waals surface area contributed by atoms with Crippen LogP contribution in [0, 0.1) is 0 Å². The molecule has 36 heavy (non-hydrogen) atoms. The maximum absolute atomic E-state index is 13.0. The zero-order valence-electron chi connectivity index (χ0n) is 20.5. The summed E-state index contributed by atoms with van der Waals surface area (Å²) in [4.78, 5) is 48.4. The van der Waals surface area contributed by atoms with Gasteiger partial charge in [0.2, 0.25) is 20.9 Å². The van der Waals surface area contributed by atoms with Gasteiger partial charge in [0.05, 0.1) is 17.3 Å². The van der Waals surface area contributed by atoms with Gasteiger partial charge in [-0.2, -0.15) is 0 Å². The van der Waals surface area contributed by atoms with Gasteiger partial charge < -0.3 is 19.9 Å². The molecule has 0 radical (unpaired) electrons. The normalized spacial score (nSPS) is 12.9. The molecule has 194 valence electrons. The van der Waals surface area contributed by atoms with Crippen LogP contribution < -0.4 is 10.1 Å². The summed E-state index contributed by atoms with van der Waals surface area (Å²) in [5, 5.41) is 2.28. The van der Waals surface area contributed by atoms with Gasteiger partial charge in [0.1, 0.15) is 18.0 Å². The molecule has 2 aromatic rings. The first kappa shape index (κ1) is 27.3. The lowest BCUT2D eigenvalue weighted by atomic mass is 10.1. The molecule has 1 aliphatic rings. The Balaban J connectivity index is 1.97. The highest BCUT2D eigenvalue weighted by atomic mass is 35.5. The Morgan fingerprint density at radius 1 is 1.17 bits per heavy atom. The fourth-order valence-electron chi connectivity index (χ4n) is 3.74. The van der Waals surface area contributed by atoms with Gasteiger partial charge in [-0.3, -0.25) is 14.4 Å². The summed E-state index contributed by atoms with van der Waals surface area (Å²) < 4.78 is 30.1. The molecule has 0 bridgehead atoms. The average molecular weight is 538 g/mol. The van der Waals surface area contributed by atoms with Gasteiger partial charge in [-0.15, -0.1) is 0 Å². The number of carbonyl (C=O) groups excluding carboxylic acids is 3. The van der Waals surface area contributed by atoms with Crippen LogP contribution in [0.15, 0.2) is 23.4 Å². The van der Waals surface area contributed by atoms with Crippen LogP contribution >= 0.6 is 11.6 Å². The summed E-state index contributed by atoms with van der Waals surface area (Å²) in [6.07, 6.45) is 0.940. The first-order valence-electron chi connectivity index (χ1n) is 11.4. The van der Waals surface area contributed by atoms with Crippen LogP contribution in [0.2, 0.25) is 5.02 Å². The molecule has 1 aliphatic heterocycles. The van der Waals surface area contributed by atoms with Crippen molar-refractivity contribution >= 4 is 39.2 Å². The Bertz CT molecular complexity index is 1300. The molecule has 3 rings (SSSR count). The van der Waals surface area contributed by atoms with Crippen LogP contribution in [0.1, 0.15) is 36.8 Å². The topological polar surface area (TPSA) is 139 Å². The number of carbonyl (C=O) groups is 3. The third-order valence-corrected chi connectivity index (χ3v) is 6.70. The quantitative estimate of drug-likeness (QED) is 0.450. The molecule has 1 N–H and O–H groups in total. The minimum absolute atomic E-state index is 0.0115. The molecule has 0 saturated heterocycles. The van der Waals surface area contributed by atoms with Gasteiger partial charge in [-0.25, -0.2) is 18.4 Å². The SMILES string of the molecule is CCNC(=O)CN1Cc2c(nc(S(C)(=O)=O)nc2-c2ccc(OCC(=O)N(CC)CC)cc2Cl)C1=O. The highest BCUT2D eigenvalue weighted by molar-refractivity contribution is 7.90. The summed E-state index contributed by atoms with van der Waals surface area (Å²) in [6.45, 7) is 6.68. The van der Waals surface area contributed by atoms with E-state index in [1.807, 2.05) is 13.8 Å².